The average molecular weight is 303 g/mol. The molecule has 1 aliphatic heterocycles. The van der Waals surface area contributed by atoms with Gasteiger partial charge in [0, 0.05) is 49.0 Å². The van der Waals surface area contributed by atoms with Gasteiger partial charge in [-0.3, -0.25) is 4.90 Å². The van der Waals surface area contributed by atoms with Gasteiger partial charge < -0.3 is 9.30 Å². The fourth-order valence-electron chi connectivity index (χ4n) is 3.80. The molecule has 0 bridgehead atoms. The van der Waals surface area contributed by atoms with Crippen LogP contribution >= 0.6 is 11.3 Å². The van der Waals surface area contributed by atoms with E-state index >= 15 is 0 Å². The van der Waals surface area contributed by atoms with E-state index in [1.165, 1.54) is 17.8 Å². The van der Waals surface area contributed by atoms with Gasteiger partial charge in [-0.25, -0.2) is 4.98 Å². The summed E-state index contributed by atoms with van der Waals surface area (Å²) in [6.07, 6.45) is 9.12. The fraction of sp³-hybridized carbons (Fsp3) is 0.562. The molecule has 1 saturated carbocycles. The van der Waals surface area contributed by atoms with E-state index in [1.807, 2.05) is 6.20 Å². The highest BCUT2D eigenvalue weighted by Gasteiger charge is 2.42. The van der Waals surface area contributed by atoms with E-state index in [2.05, 4.69) is 44.4 Å². The first-order chi connectivity index (χ1) is 10.4. The molecule has 2 fully saturated rings. The maximum Gasteiger partial charge on any atom is 0.107 e. The normalized spacial score (nSPS) is 29.6. The Morgan fingerprint density at radius 2 is 2.19 bits per heavy atom. The van der Waals surface area contributed by atoms with Gasteiger partial charge in [-0.2, -0.15) is 0 Å². The van der Waals surface area contributed by atoms with E-state index < -0.39 is 0 Å². The highest BCUT2D eigenvalue weighted by atomic mass is 32.1. The van der Waals surface area contributed by atoms with Crippen molar-refractivity contribution < 1.29 is 4.74 Å². The van der Waals surface area contributed by atoms with Crippen LogP contribution in [-0.4, -0.2) is 39.7 Å². The Morgan fingerprint density at radius 3 is 3.00 bits per heavy atom. The van der Waals surface area contributed by atoms with E-state index in [0.29, 0.717) is 18.1 Å². The molecule has 3 heterocycles. The van der Waals surface area contributed by atoms with Gasteiger partial charge in [0.15, 0.2) is 0 Å². The molecule has 2 aromatic rings. The first kappa shape index (κ1) is 13.5. The van der Waals surface area contributed by atoms with E-state index in [4.69, 9.17) is 4.74 Å². The first-order valence-corrected chi connectivity index (χ1v) is 8.63. The van der Waals surface area contributed by atoms with Crippen molar-refractivity contribution >= 4 is 11.3 Å². The van der Waals surface area contributed by atoms with Crippen molar-refractivity contribution in [3.8, 4) is 0 Å². The Kier molecular flexibility index (Phi) is 3.80. The molecule has 112 valence electrons. The molecule has 2 aromatic heterocycles. The Morgan fingerprint density at radius 1 is 1.29 bits per heavy atom. The summed E-state index contributed by atoms with van der Waals surface area (Å²) in [4.78, 5) is 7.02. The van der Waals surface area contributed by atoms with E-state index in [9.17, 15) is 0 Å². The lowest BCUT2D eigenvalue weighted by Gasteiger charge is -2.39. The van der Waals surface area contributed by atoms with Gasteiger partial charge in [-0.05, 0) is 25.0 Å². The van der Waals surface area contributed by atoms with Crippen molar-refractivity contribution in [2.24, 2.45) is 5.92 Å². The van der Waals surface area contributed by atoms with Crippen LogP contribution in [0.25, 0.3) is 0 Å². The number of fused-ring (bicyclic) bond motifs is 1. The van der Waals surface area contributed by atoms with E-state index in [1.54, 1.807) is 11.3 Å². The third kappa shape index (κ3) is 2.78. The van der Waals surface area contributed by atoms with Crippen LogP contribution in [0.2, 0.25) is 0 Å². The SMILES string of the molecule is c1ccn(CC2CCC3C2OCCN3Cc2nccs2)c1. The quantitative estimate of drug-likeness (QED) is 0.870. The predicted octanol–water partition coefficient (Wildman–Crippen LogP) is 2.62. The standard InChI is InChI=1S/C16H21N3OS/c1-2-7-18(6-1)11-13-3-4-14-16(13)20-9-8-19(14)12-15-17-5-10-21-15/h1-2,5-7,10,13-14,16H,3-4,8-9,11-12H2. The minimum Gasteiger partial charge on any atom is -0.375 e. The molecule has 0 N–H and O–H groups in total. The summed E-state index contributed by atoms with van der Waals surface area (Å²) < 4.78 is 8.43. The summed E-state index contributed by atoms with van der Waals surface area (Å²) in [6.45, 7) is 3.96. The maximum atomic E-state index is 6.14. The summed E-state index contributed by atoms with van der Waals surface area (Å²) >= 11 is 1.76. The summed E-state index contributed by atoms with van der Waals surface area (Å²) in [6, 6.07) is 4.77. The molecule has 5 heteroatoms. The lowest BCUT2D eigenvalue weighted by atomic mass is 10.0. The van der Waals surface area contributed by atoms with Crippen molar-refractivity contribution in [1.82, 2.24) is 14.5 Å². The molecule has 0 radical (unpaired) electrons. The van der Waals surface area contributed by atoms with Crippen molar-refractivity contribution in [1.29, 1.82) is 0 Å². The van der Waals surface area contributed by atoms with Gasteiger partial charge in [-0.1, -0.05) is 0 Å². The monoisotopic (exact) mass is 303 g/mol. The van der Waals surface area contributed by atoms with Gasteiger partial charge in [-0.15, -0.1) is 11.3 Å². The average Bonchev–Trinajstić information content (AvgIpc) is 3.22. The molecule has 0 amide bonds. The zero-order valence-electron chi connectivity index (χ0n) is 12.1. The molecule has 2 aliphatic rings. The second-order valence-electron chi connectivity index (χ2n) is 6.02. The molecule has 0 spiro atoms. The first-order valence-electron chi connectivity index (χ1n) is 7.75. The van der Waals surface area contributed by atoms with Crippen LogP contribution in [0.1, 0.15) is 17.8 Å². The summed E-state index contributed by atoms with van der Waals surface area (Å²) in [7, 11) is 0. The van der Waals surface area contributed by atoms with E-state index in [0.717, 1.165) is 26.2 Å². The van der Waals surface area contributed by atoms with Gasteiger partial charge in [0.25, 0.3) is 0 Å². The smallest absolute Gasteiger partial charge is 0.107 e. The lowest BCUT2D eigenvalue weighted by Crippen LogP contribution is -2.50. The molecule has 1 saturated heterocycles. The predicted molar refractivity (Wildman–Crippen MR) is 83.2 cm³/mol. The summed E-state index contributed by atoms with van der Waals surface area (Å²) in [5.41, 5.74) is 0. The number of aromatic nitrogens is 2. The zero-order valence-corrected chi connectivity index (χ0v) is 12.9. The number of thiazole rings is 1. The molecule has 1 aliphatic carbocycles. The van der Waals surface area contributed by atoms with Crippen LogP contribution in [0.5, 0.6) is 0 Å². The fourth-order valence-corrected chi connectivity index (χ4v) is 4.44. The lowest BCUT2D eigenvalue weighted by molar-refractivity contribution is -0.0785. The van der Waals surface area contributed by atoms with E-state index in [-0.39, 0.29) is 0 Å². The highest BCUT2D eigenvalue weighted by Crippen LogP contribution is 2.36. The molecule has 4 nitrogen and oxygen atoms in total. The number of rotatable bonds is 4. The van der Waals surface area contributed by atoms with Crippen LogP contribution in [0.15, 0.2) is 36.1 Å². The molecule has 21 heavy (non-hydrogen) atoms. The minimum absolute atomic E-state index is 0.390. The van der Waals surface area contributed by atoms with Crippen LogP contribution in [0, 0.1) is 5.92 Å². The van der Waals surface area contributed by atoms with Crippen molar-refractivity contribution in [2.45, 2.75) is 38.1 Å². The van der Waals surface area contributed by atoms with Gasteiger partial charge in [0.05, 0.1) is 19.3 Å². The molecule has 3 unspecified atom stereocenters. The number of morpholine rings is 1. The molecule has 3 atom stereocenters. The number of hydrogen-bond donors (Lipinski definition) is 0. The third-order valence-electron chi connectivity index (χ3n) is 4.77. The van der Waals surface area contributed by atoms with Crippen LogP contribution in [-0.2, 0) is 17.8 Å². The second-order valence-corrected chi connectivity index (χ2v) is 7.00. The minimum atomic E-state index is 0.390. The van der Waals surface area contributed by atoms with Crippen molar-refractivity contribution in [2.75, 3.05) is 13.2 Å². The maximum absolute atomic E-state index is 6.14. The second kappa shape index (κ2) is 5.91. The molecular formula is C16H21N3OS. The number of ether oxygens (including phenoxy) is 1. The zero-order chi connectivity index (χ0) is 14.1. The third-order valence-corrected chi connectivity index (χ3v) is 5.53. The Labute approximate surface area is 129 Å². The molecule has 4 rings (SSSR count). The van der Waals surface area contributed by atoms with Crippen LogP contribution in [0.4, 0.5) is 0 Å². The van der Waals surface area contributed by atoms with Crippen molar-refractivity contribution in [3.05, 3.63) is 41.1 Å². The number of nitrogens with zero attached hydrogens (tertiary/aromatic N) is 3. The molecule has 0 aromatic carbocycles. The summed E-state index contributed by atoms with van der Waals surface area (Å²) in [5.74, 6) is 0.640. The van der Waals surface area contributed by atoms with Gasteiger partial charge in [0.2, 0.25) is 0 Å². The largest absolute Gasteiger partial charge is 0.375 e. The number of hydrogen-bond acceptors (Lipinski definition) is 4. The van der Waals surface area contributed by atoms with Crippen LogP contribution < -0.4 is 0 Å². The molecular weight excluding hydrogens is 282 g/mol. The van der Waals surface area contributed by atoms with Gasteiger partial charge >= 0.3 is 0 Å². The van der Waals surface area contributed by atoms with Crippen molar-refractivity contribution in [3.63, 3.8) is 0 Å². The van der Waals surface area contributed by atoms with Gasteiger partial charge in [0.1, 0.15) is 5.01 Å². The Bertz CT molecular complexity index is 554. The Hall–Kier alpha value is -1.17. The summed E-state index contributed by atoms with van der Waals surface area (Å²) in [5, 5.41) is 3.29. The van der Waals surface area contributed by atoms with Crippen LogP contribution in [0.3, 0.4) is 0 Å². The Balaban J connectivity index is 1.44. The topological polar surface area (TPSA) is 30.3 Å². The highest BCUT2D eigenvalue weighted by molar-refractivity contribution is 7.09.